The first-order valence-electron chi connectivity index (χ1n) is 36.5. The highest BCUT2D eigenvalue weighted by molar-refractivity contribution is 7.47. The summed E-state index contributed by atoms with van der Waals surface area (Å²) >= 11 is 0. The van der Waals surface area contributed by atoms with E-state index in [1.807, 2.05) is 0 Å². The van der Waals surface area contributed by atoms with Crippen molar-refractivity contribution in [3.8, 4) is 0 Å². The molecule has 0 aromatic heterocycles. The second-order valence-electron chi connectivity index (χ2n) is 24.1. The van der Waals surface area contributed by atoms with E-state index in [4.69, 9.17) is 37.0 Å². The number of carbonyl (C=O) groups excluding carboxylic acids is 4. The zero-order valence-electron chi connectivity index (χ0n) is 58.9. The van der Waals surface area contributed by atoms with Crippen LogP contribution in [0.15, 0.2) is 97.2 Å². The normalized spacial score (nSPS) is 14.6. The van der Waals surface area contributed by atoms with Gasteiger partial charge in [0.05, 0.1) is 26.4 Å². The lowest BCUT2D eigenvalue weighted by atomic mass is 10.1. The van der Waals surface area contributed by atoms with Crippen molar-refractivity contribution in [3.63, 3.8) is 0 Å². The van der Waals surface area contributed by atoms with Gasteiger partial charge in [-0.3, -0.25) is 37.3 Å². The summed E-state index contributed by atoms with van der Waals surface area (Å²) in [5.74, 6) is -2.25. The molecular weight excluding hydrogens is 1230 g/mol. The first kappa shape index (κ1) is 90.0. The number of ether oxygens (including phenoxy) is 4. The Labute approximate surface area is 569 Å². The Morgan fingerprint density at radius 2 is 0.564 bits per heavy atom. The van der Waals surface area contributed by atoms with Gasteiger partial charge < -0.3 is 33.8 Å². The van der Waals surface area contributed by atoms with Crippen molar-refractivity contribution in [2.24, 2.45) is 0 Å². The maximum Gasteiger partial charge on any atom is 0.472 e. The molecule has 0 aliphatic carbocycles. The van der Waals surface area contributed by atoms with Crippen molar-refractivity contribution < 1.29 is 80.2 Å². The smallest absolute Gasteiger partial charge is 0.462 e. The molecule has 0 aromatic carbocycles. The Hall–Kier alpha value is -4.02. The molecule has 0 saturated carbocycles. The van der Waals surface area contributed by atoms with Gasteiger partial charge in [-0.1, -0.05) is 228 Å². The molecule has 19 heteroatoms. The molecule has 0 heterocycles. The van der Waals surface area contributed by atoms with Crippen molar-refractivity contribution >= 4 is 39.5 Å². The van der Waals surface area contributed by atoms with Gasteiger partial charge in [0.1, 0.15) is 19.3 Å². The number of allylic oxidation sites excluding steroid dienone is 16. The molecule has 0 fully saturated rings. The summed E-state index contributed by atoms with van der Waals surface area (Å²) in [5.41, 5.74) is 0. The van der Waals surface area contributed by atoms with Crippen LogP contribution in [0.25, 0.3) is 0 Å². The van der Waals surface area contributed by atoms with E-state index in [1.165, 1.54) is 57.8 Å². The van der Waals surface area contributed by atoms with Crippen LogP contribution in [0.5, 0.6) is 0 Å². The molecule has 5 atom stereocenters. The van der Waals surface area contributed by atoms with Crippen LogP contribution in [0.2, 0.25) is 0 Å². The molecule has 0 bridgehead atoms. The van der Waals surface area contributed by atoms with Gasteiger partial charge in [0, 0.05) is 25.7 Å². The summed E-state index contributed by atoms with van der Waals surface area (Å²) in [5, 5.41) is 10.6. The zero-order chi connectivity index (χ0) is 69.0. The van der Waals surface area contributed by atoms with Crippen molar-refractivity contribution in [1.82, 2.24) is 0 Å². The molecule has 0 radical (unpaired) electrons. The van der Waals surface area contributed by atoms with E-state index in [1.54, 1.807) is 0 Å². The second-order valence-corrected chi connectivity index (χ2v) is 27.0. The lowest BCUT2D eigenvalue weighted by Crippen LogP contribution is -2.30. The molecule has 0 aromatic rings. The van der Waals surface area contributed by atoms with Crippen LogP contribution in [-0.4, -0.2) is 96.7 Å². The molecule has 0 aliphatic rings. The predicted octanol–water partition coefficient (Wildman–Crippen LogP) is 20.4. The second kappa shape index (κ2) is 67.5. The average Bonchev–Trinajstić information content (AvgIpc) is 1.35. The first-order valence-corrected chi connectivity index (χ1v) is 39.5. The number of aliphatic hydroxyl groups excluding tert-OH is 1. The number of phosphoric acid groups is 2. The fourth-order valence-corrected chi connectivity index (χ4v) is 11.0. The third kappa shape index (κ3) is 66.6. The highest BCUT2D eigenvalue weighted by Gasteiger charge is 2.30. The summed E-state index contributed by atoms with van der Waals surface area (Å²) in [6, 6.07) is 0. The third-order valence-electron chi connectivity index (χ3n) is 15.0. The molecule has 542 valence electrons. The van der Waals surface area contributed by atoms with E-state index in [-0.39, 0.29) is 25.7 Å². The van der Waals surface area contributed by atoms with Crippen LogP contribution >= 0.6 is 15.6 Å². The minimum Gasteiger partial charge on any atom is -0.462 e. The number of unbranched alkanes of at least 4 members (excludes halogenated alkanes) is 26. The number of rotatable bonds is 68. The quantitative estimate of drug-likeness (QED) is 0.0169. The van der Waals surface area contributed by atoms with Crippen LogP contribution in [0.4, 0.5) is 0 Å². The van der Waals surface area contributed by atoms with Crippen LogP contribution in [0.3, 0.4) is 0 Å². The summed E-state index contributed by atoms with van der Waals surface area (Å²) in [4.78, 5) is 72.6. The van der Waals surface area contributed by atoms with Crippen molar-refractivity contribution in [3.05, 3.63) is 97.2 Å². The van der Waals surface area contributed by atoms with Gasteiger partial charge in [0.2, 0.25) is 0 Å². The Bertz CT molecular complexity index is 2170. The van der Waals surface area contributed by atoms with Crippen LogP contribution in [-0.2, 0) is 65.4 Å². The Balaban J connectivity index is 5.36. The molecule has 0 aliphatic heterocycles. The predicted molar refractivity (Wildman–Crippen MR) is 381 cm³/mol. The number of carbonyl (C=O) groups is 4. The molecular formula is C75H130O17P2. The maximum atomic E-state index is 13.0. The third-order valence-corrected chi connectivity index (χ3v) is 16.9. The van der Waals surface area contributed by atoms with Gasteiger partial charge >= 0.3 is 39.5 Å². The van der Waals surface area contributed by atoms with Crippen LogP contribution in [0, 0.1) is 0 Å². The van der Waals surface area contributed by atoms with Gasteiger partial charge in [0.25, 0.3) is 0 Å². The Kier molecular flexibility index (Phi) is 64.7. The number of phosphoric ester groups is 2. The lowest BCUT2D eigenvalue weighted by Gasteiger charge is -2.21. The zero-order valence-corrected chi connectivity index (χ0v) is 60.7. The minimum atomic E-state index is -4.98. The fraction of sp³-hybridized carbons (Fsp3) is 0.733. The van der Waals surface area contributed by atoms with Gasteiger partial charge in [-0.15, -0.1) is 0 Å². The monoisotopic (exact) mass is 1360 g/mol. The number of aliphatic hydroxyl groups is 1. The highest BCUT2D eigenvalue weighted by atomic mass is 31.2. The van der Waals surface area contributed by atoms with Gasteiger partial charge in [0.15, 0.2) is 12.2 Å². The molecule has 3 N–H and O–H groups in total. The molecule has 94 heavy (non-hydrogen) atoms. The number of hydrogen-bond donors (Lipinski definition) is 3. The summed E-state index contributed by atoms with van der Waals surface area (Å²) in [6.45, 7) is 4.59. The topological polar surface area (TPSA) is 237 Å². The van der Waals surface area contributed by atoms with Crippen molar-refractivity contribution in [2.45, 2.75) is 316 Å². The molecule has 5 unspecified atom stereocenters. The average molecular weight is 1370 g/mol. The van der Waals surface area contributed by atoms with E-state index in [0.29, 0.717) is 25.7 Å². The van der Waals surface area contributed by atoms with E-state index < -0.39 is 97.5 Å². The molecule has 0 spiro atoms. The van der Waals surface area contributed by atoms with Crippen molar-refractivity contribution in [2.75, 3.05) is 39.6 Å². The first-order chi connectivity index (χ1) is 45.7. The fourth-order valence-electron chi connectivity index (χ4n) is 9.39. The number of esters is 4. The molecule has 0 rings (SSSR count). The van der Waals surface area contributed by atoms with E-state index in [9.17, 15) is 43.2 Å². The molecule has 0 saturated heterocycles. The standard InChI is InChI=1S/C75H130O17P2/c1-5-9-13-17-21-25-29-32-34-37-40-43-47-51-55-59-72(77)85-65-70(91-74(79)61-57-53-49-45-39-28-24-20-16-12-8-4)67-89-93(81,82)87-63-69(76)64-88-94(83,84)90-68-71(92-75(80)62-58-54-50-46-42-36-31-27-23-19-15-11-7-3)66-86-73(78)60-56-52-48-44-41-38-35-33-30-26-22-18-14-10-6-2/h9,13,20-22,24-27,31-35,40,43,69-71,76H,5-8,10-12,14-19,23,28-30,36-39,41-42,44-68H2,1-4H3,(H,81,82)(H,83,84)/b13-9-,24-20-,25-21-,26-22-,31-27-,34-32-,35-33-,43-40-. The molecule has 17 nitrogen and oxygen atoms in total. The maximum absolute atomic E-state index is 13.0. The van der Waals surface area contributed by atoms with Gasteiger partial charge in [-0.2, -0.15) is 0 Å². The lowest BCUT2D eigenvalue weighted by molar-refractivity contribution is -0.161. The summed E-state index contributed by atoms with van der Waals surface area (Å²) < 4.78 is 68.2. The Morgan fingerprint density at radius 3 is 0.936 bits per heavy atom. The summed E-state index contributed by atoms with van der Waals surface area (Å²) in [6.07, 6.45) is 68.5. The SMILES string of the molecule is CC/C=C\C/C=C\C/C=C\C/C=C\CCCCC(=O)OCC(COP(=O)(O)OCC(O)COP(=O)(O)OCC(COC(=O)CCCCCCC/C=C\C/C=C\CCCCC)OC(=O)CCCCCCC/C=C\CCCCCC)OC(=O)CCCCCCC/C=C\CCCC. The van der Waals surface area contributed by atoms with E-state index in [0.717, 1.165) is 161 Å². The minimum absolute atomic E-state index is 0.0745. The summed E-state index contributed by atoms with van der Waals surface area (Å²) in [7, 11) is -9.95. The van der Waals surface area contributed by atoms with E-state index in [2.05, 4.69) is 125 Å². The highest BCUT2D eigenvalue weighted by Crippen LogP contribution is 2.45. The van der Waals surface area contributed by atoms with Gasteiger partial charge in [-0.25, -0.2) is 9.13 Å². The Morgan fingerprint density at radius 1 is 0.309 bits per heavy atom. The van der Waals surface area contributed by atoms with Crippen LogP contribution < -0.4 is 0 Å². The largest absolute Gasteiger partial charge is 0.472 e. The van der Waals surface area contributed by atoms with Crippen molar-refractivity contribution in [1.29, 1.82) is 0 Å². The number of hydrogen-bond acceptors (Lipinski definition) is 15. The molecule has 0 amide bonds. The van der Waals surface area contributed by atoms with Gasteiger partial charge in [-0.05, 0) is 141 Å². The van der Waals surface area contributed by atoms with Crippen LogP contribution in [0.1, 0.15) is 297 Å². The van der Waals surface area contributed by atoms with E-state index >= 15 is 0 Å².